The summed E-state index contributed by atoms with van der Waals surface area (Å²) in [5, 5.41) is 33.4. The summed E-state index contributed by atoms with van der Waals surface area (Å²) in [4.78, 5) is 25.4. The van der Waals surface area contributed by atoms with E-state index in [1.165, 1.54) is 17.2 Å². The molecule has 31 heavy (non-hydrogen) atoms. The van der Waals surface area contributed by atoms with Crippen molar-refractivity contribution in [2.45, 2.75) is 43.4 Å². The molecule has 172 valence electrons. The molecule has 1 aliphatic heterocycles. The number of carbonyl (C=O) groups is 1. The molecule has 9 N–H and O–H groups in total. The molecule has 0 radical (unpaired) electrons. The van der Waals surface area contributed by atoms with Crippen LogP contribution in [0.15, 0.2) is 12.7 Å². The number of hydrogen-bond acceptors (Lipinski definition) is 10. The maximum absolute atomic E-state index is 11.1. The number of aliphatic hydroxyl groups is 2. The van der Waals surface area contributed by atoms with Gasteiger partial charge in [-0.15, -0.1) is 0 Å². The Labute approximate surface area is 179 Å². The molecule has 2 aromatic rings. The highest BCUT2D eigenvalue weighted by molar-refractivity contribution is 5.81. The number of aliphatic carboxylic acids is 1. The molecule has 1 fully saturated rings. The van der Waals surface area contributed by atoms with Crippen LogP contribution in [-0.4, -0.2) is 103 Å². The number of ether oxygens (including phenoxy) is 1. The van der Waals surface area contributed by atoms with Crippen molar-refractivity contribution in [1.29, 1.82) is 0 Å². The number of carboxylic acids is 1. The number of aliphatic hydroxyl groups excluding tert-OH is 2. The molecule has 1 saturated heterocycles. The fourth-order valence-electron chi connectivity index (χ4n) is 3.66. The van der Waals surface area contributed by atoms with Crippen LogP contribution >= 0.6 is 0 Å². The van der Waals surface area contributed by atoms with Crippen molar-refractivity contribution in [2.75, 3.05) is 39.0 Å². The second-order valence-corrected chi connectivity index (χ2v) is 7.71. The maximum Gasteiger partial charge on any atom is 0.362 e. The average molecular weight is 439 g/mol. The van der Waals surface area contributed by atoms with Gasteiger partial charge in [0.15, 0.2) is 23.7 Å². The van der Waals surface area contributed by atoms with E-state index in [0.29, 0.717) is 37.2 Å². The summed E-state index contributed by atoms with van der Waals surface area (Å²) in [6.07, 6.45) is 0.0444. The van der Waals surface area contributed by atoms with Crippen molar-refractivity contribution in [3.8, 4) is 0 Å². The van der Waals surface area contributed by atoms with Crippen LogP contribution < -0.4 is 16.8 Å². The highest BCUT2D eigenvalue weighted by Gasteiger charge is 2.44. The average Bonchev–Trinajstić information content (AvgIpc) is 3.29. The summed E-state index contributed by atoms with van der Waals surface area (Å²) in [6.45, 7) is 2.28. The minimum atomic E-state index is -1.20. The summed E-state index contributed by atoms with van der Waals surface area (Å²) in [5.41, 5.74) is 10.3. The number of anilines is 1. The van der Waals surface area contributed by atoms with E-state index in [1.54, 1.807) is 0 Å². The van der Waals surface area contributed by atoms with Crippen LogP contribution in [0.1, 0.15) is 19.1 Å². The third-order valence-corrected chi connectivity index (χ3v) is 5.48. The standard InChI is InChI=1S/C18H30N8O5/c1-21-4-2-5-25(6-3-10(19)18(29)30)7-11-13(27)14(28)17(31-11)26-9-24-12-15(20)22-8-23-16(12)26/h8-11,13-14,17,21,27-28H,2-7,19H2,1H3,(H,29,30)(H2,20,22,23)/p+1/t10-,11+,13+,14+,17+/m0/s1. The third kappa shape index (κ3) is 5.26. The summed E-state index contributed by atoms with van der Waals surface area (Å²) in [7, 11) is 1.86. The van der Waals surface area contributed by atoms with E-state index >= 15 is 0 Å². The van der Waals surface area contributed by atoms with Crippen LogP contribution in [0.2, 0.25) is 0 Å². The number of hydrogen-bond donors (Lipinski definition) is 6. The summed E-state index contributed by atoms with van der Waals surface area (Å²) < 4.78 is 7.53. The number of carboxylic acid groups (broad SMARTS) is 1. The van der Waals surface area contributed by atoms with Crippen molar-refractivity contribution < 1.29 is 30.6 Å². The molecule has 3 rings (SSSR count). The number of quaternary nitrogens is 1. The van der Waals surface area contributed by atoms with Crippen molar-refractivity contribution >= 4 is 23.0 Å². The summed E-state index contributed by atoms with van der Waals surface area (Å²) in [5.74, 6) is -0.735. The van der Waals surface area contributed by atoms with Gasteiger partial charge in [-0.2, -0.15) is 0 Å². The molecule has 0 bridgehead atoms. The van der Waals surface area contributed by atoms with Crippen LogP contribution in [0.3, 0.4) is 0 Å². The lowest BCUT2D eigenvalue weighted by Crippen LogP contribution is -2.65. The van der Waals surface area contributed by atoms with Gasteiger partial charge >= 0.3 is 5.97 Å². The molecule has 3 heterocycles. The minimum absolute atomic E-state index is 0.213. The number of imidazole rings is 1. The first-order valence-electron chi connectivity index (χ1n) is 10.2. The molecule has 0 unspecified atom stereocenters. The molecular weight excluding hydrogens is 408 g/mol. The lowest BCUT2D eigenvalue weighted by molar-refractivity contribution is -0.409. The molecule has 0 saturated carbocycles. The maximum atomic E-state index is 11.1. The van der Waals surface area contributed by atoms with Crippen LogP contribution in [0.4, 0.5) is 5.82 Å². The van der Waals surface area contributed by atoms with Gasteiger partial charge in [-0.25, -0.2) is 19.7 Å². The SMILES string of the molecule is CNCCCN(CC[C@H]([NH3+])C(=O)O)C[C@H]1O[C@@H](n2cnc3c(N)ncnc32)[C@H](O)[C@@H]1O. The summed E-state index contributed by atoms with van der Waals surface area (Å²) in [6, 6.07) is -0.720. The lowest BCUT2D eigenvalue weighted by atomic mass is 10.1. The second kappa shape index (κ2) is 10.3. The zero-order valence-corrected chi connectivity index (χ0v) is 17.5. The Kier molecular flexibility index (Phi) is 7.69. The normalized spacial score (nSPS) is 24.8. The van der Waals surface area contributed by atoms with Crippen LogP contribution in [0.5, 0.6) is 0 Å². The first kappa shape index (κ1) is 23.2. The fourth-order valence-corrected chi connectivity index (χ4v) is 3.66. The fraction of sp³-hybridized carbons (Fsp3) is 0.667. The predicted octanol–water partition coefficient (Wildman–Crippen LogP) is -2.98. The van der Waals surface area contributed by atoms with E-state index in [2.05, 4.69) is 26.0 Å². The number of rotatable bonds is 11. The van der Waals surface area contributed by atoms with Gasteiger partial charge in [0, 0.05) is 19.5 Å². The molecule has 1 aliphatic rings. The number of aromatic nitrogens is 4. The number of nitrogens with zero attached hydrogens (tertiary/aromatic N) is 5. The Morgan fingerprint density at radius 3 is 2.84 bits per heavy atom. The molecule has 13 heteroatoms. The van der Waals surface area contributed by atoms with Gasteiger partial charge in [0.25, 0.3) is 0 Å². The quantitative estimate of drug-likeness (QED) is 0.195. The van der Waals surface area contributed by atoms with Gasteiger partial charge < -0.3 is 41.7 Å². The van der Waals surface area contributed by atoms with Gasteiger partial charge in [0.05, 0.1) is 6.33 Å². The van der Waals surface area contributed by atoms with E-state index in [0.717, 1.165) is 13.0 Å². The molecule has 0 aromatic carbocycles. The number of nitrogen functional groups attached to an aromatic ring is 1. The highest BCUT2D eigenvalue weighted by Crippen LogP contribution is 2.32. The molecule has 0 spiro atoms. The zero-order chi connectivity index (χ0) is 22.5. The van der Waals surface area contributed by atoms with E-state index < -0.39 is 36.6 Å². The Bertz CT molecular complexity index is 880. The van der Waals surface area contributed by atoms with Crippen molar-refractivity contribution in [3.05, 3.63) is 12.7 Å². The number of nitrogens with two attached hydrogens (primary N) is 1. The topological polar surface area (TPSA) is 200 Å². The summed E-state index contributed by atoms with van der Waals surface area (Å²) >= 11 is 0. The Morgan fingerprint density at radius 2 is 2.13 bits per heavy atom. The Morgan fingerprint density at radius 1 is 1.35 bits per heavy atom. The van der Waals surface area contributed by atoms with E-state index in [9.17, 15) is 15.0 Å². The molecule has 0 amide bonds. The third-order valence-electron chi connectivity index (χ3n) is 5.48. The monoisotopic (exact) mass is 439 g/mol. The predicted molar refractivity (Wildman–Crippen MR) is 110 cm³/mol. The van der Waals surface area contributed by atoms with Crippen molar-refractivity contribution in [1.82, 2.24) is 29.7 Å². The van der Waals surface area contributed by atoms with Gasteiger partial charge in [-0.05, 0) is 26.6 Å². The first-order chi connectivity index (χ1) is 14.8. The van der Waals surface area contributed by atoms with Crippen LogP contribution in [0, 0.1) is 0 Å². The van der Waals surface area contributed by atoms with Gasteiger partial charge in [-0.3, -0.25) is 4.57 Å². The highest BCUT2D eigenvalue weighted by atomic mass is 16.6. The zero-order valence-electron chi connectivity index (χ0n) is 17.5. The van der Waals surface area contributed by atoms with Gasteiger partial charge in [0.1, 0.15) is 30.2 Å². The molecular formula is C18H31N8O5+. The molecule has 2 aromatic heterocycles. The molecule has 13 nitrogen and oxygen atoms in total. The van der Waals surface area contributed by atoms with E-state index in [1.807, 2.05) is 11.9 Å². The molecule has 0 aliphatic carbocycles. The Balaban J connectivity index is 1.71. The van der Waals surface area contributed by atoms with Crippen LogP contribution in [-0.2, 0) is 9.53 Å². The molecule has 5 atom stereocenters. The minimum Gasteiger partial charge on any atom is -0.477 e. The first-order valence-corrected chi connectivity index (χ1v) is 10.2. The van der Waals surface area contributed by atoms with E-state index in [4.69, 9.17) is 15.6 Å². The Hall–Kier alpha value is -2.42. The van der Waals surface area contributed by atoms with Crippen LogP contribution in [0.25, 0.3) is 11.2 Å². The number of fused-ring (bicyclic) bond motifs is 1. The van der Waals surface area contributed by atoms with Crippen molar-refractivity contribution in [3.63, 3.8) is 0 Å². The van der Waals surface area contributed by atoms with Crippen molar-refractivity contribution in [2.24, 2.45) is 0 Å². The lowest BCUT2D eigenvalue weighted by Gasteiger charge is -2.27. The largest absolute Gasteiger partial charge is 0.477 e. The number of nitrogens with one attached hydrogen (secondary N) is 1. The second-order valence-electron chi connectivity index (χ2n) is 7.71. The van der Waals surface area contributed by atoms with Gasteiger partial charge in [-0.1, -0.05) is 0 Å². The van der Waals surface area contributed by atoms with E-state index in [-0.39, 0.29) is 5.82 Å². The van der Waals surface area contributed by atoms with Gasteiger partial charge in [0.2, 0.25) is 0 Å². The smallest absolute Gasteiger partial charge is 0.362 e.